The van der Waals surface area contributed by atoms with Crippen molar-refractivity contribution >= 4 is 107 Å². The molecule has 91 heavy (non-hydrogen) atoms. The number of para-hydroxylation sites is 4. The molecular weight excluding hydrogens is 1100 g/mol. The minimum absolute atomic E-state index is 0.294. The highest BCUT2D eigenvalue weighted by Crippen LogP contribution is 2.55. The van der Waals surface area contributed by atoms with Crippen molar-refractivity contribution in [3.8, 4) is 62.0 Å². The Morgan fingerprint density at radius 3 is 1.03 bits per heavy atom. The van der Waals surface area contributed by atoms with Crippen LogP contribution in [-0.4, -0.2) is 15.8 Å². The molecule has 0 bridgehead atoms. The van der Waals surface area contributed by atoms with E-state index in [4.69, 9.17) is 6.57 Å². The molecule has 0 unspecified atom stereocenters. The van der Waals surface area contributed by atoms with E-state index in [9.17, 15) is 5.26 Å². The molecule has 7 heteroatoms. The highest BCUT2D eigenvalue weighted by molar-refractivity contribution is 7.00. The SMILES string of the molecule is [C-]#[N+]c1cc(-c2ccccc2)c(N2c3cc(-n4c5ccccc5c5ccccc54)ccc3B3c4ccc(-n5c6ccccc6c6ccccc65)cc4N(c4c(-c5ccccc5)cc(C#N)cc4-c4ccccc4)c4cc(C(C)(C)C)cc2c43)c(-c2ccccc2)c1. The number of rotatable bonds is 8. The van der Waals surface area contributed by atoms with Gasteiger partial charge in [-0.2, -0.15) is 5.26 Å². The number of hydrogen-bond acceptors (Lipinski definition) is 3. The second-order valence-corrected chi connectivity index (χ2v) is 25.0. The summed E-state index contributed by atoms with van der Waals surface area (Å²) in [7, 11) is 0. The van der Waals surface area contributed by atoms with E-state index in [1.165, 1.54) is 21.5 Å². The molecule has 0 atom stereocenters. The van der Waals surface area contributed by atoms with Crippen LogP contribution in [0.3, 0.4) is 0 Å². The van der Waals surface area contributed by atoms with Crippen LogP contribution in [0.1, 0.15) is 31.9 Å². The molecule has 15 aromatic rings. The van der Waals surface area contributed by atoms with Gasteiger partial charge in [0.1, 0.15) is 0 Å². The fourth-order valence-corrected chi connectivity index (χ4v) is 14.8. The first-order chi connectivity index (χ1) is 44.7. The van der Waals surface area contributed by atoms with Crippen molar-refractivity contribution in [1.82, 2.24) is 9.13 Å². The van der Waals surface area contributed by atoms with Crippen LogP contribution in [0.5, 0.6) is 0 Å². The fraction of sp³-hybridized carbons (Fsp3) is 0.0476. The Balaban J connectivity index is 1.07. The molecule has 2 aliphatic rings. The molecular formula is C84H57BN6. The Morgan fingerprint density at radius 1 is 0.374 bits per heavy atom. The van der Waals surface area contributed by atoms with Gasteiger partial charge in [0.25, 0.3) is 6.71 Å². The van der Waals surface area contributed by atoms with Gasteiger partial charge in [0.05, 0.1) is 51.6 Å². The molecule has 0 aliphatic carbocycles. The summed E-state index contributed by atoms with van der Waals surface area (Å²) >= 11 is 0. The lowest BCUT2D eigenvalue weighted by Crippen LogP contribution is -2.61. The molecule has 17 rings (SSSR count). The number of aromatic nitrogens is 2. The molecule has 0 N–H and O–H groups in total. The van der Waals surface area contributed by atoms with Crippen molar-refractivity contribution < 1.29 is 0 Å². The maximum atomic E-state index is 11.1. The van der Waals surface area contributed by atoms with E-state index >= 15 is 0 Å². The van der Waals surface area contributed by atoms with E-state index in [1.54, 1.807) is 0 Å². The van der Waals surface area contributed by atoms with Crippen molar-refractivity contribution in [1.29, 1.82) is 5.26 Å². The summed E-state index contributed by atoms with van der Waals surface area (Å²) in [4.78, 5) is 9.36. The highest BCUT2D eigenvalue weighted by Gasteiger charge is 2.46. The third-order valence-electron chi connectivity index (χ3n) is 18.8. The number of hydrogen-bond donors (Lipinski definition) is 0. The van der Waals surface area contributed by atoms with E-state index in [-0.39, 0.29) is 12.1 Å². The minimum atomic E-state index is -0.373. The van der Waals surface area contributed by atoms with E-state index in [2.05, 4.69) is 342 Å². The van der Waals surface area contributed by atoms with Crippen molar-refractivity contribution in [2.24, 2.45) is 0 Å². The van der Waals surface area contributed by atoms with Crippen LogP contribution in [0.25, 0.3) is 104 Å². The Morgan fingerprint density at radius 2 is 0.703 bits per heavy atom. The Labute approximate surface area is 529 Å². The topological polar surface area (TPSA) is 44.5 Å². The van der Waals surface area contributed by atoms with Gasteiger partial charge in [-0.05, 0) is 146 Å². The molecule has 426 valence electrons. The van der Waals surface area contributed by atoms with Gasteiger partial charge in [0, 0.05) is 66.8 Å². The van der Waals surface area contributed by atoms with Crippen LogP contribution in [0.2, 0.25) is 0 Å². The van der Waals surface area contributed by atoms with Crippen LogP contribution in [0, 0.1) is 17.9 Å². The Hall–Kier alpha value is -11.9. The largest absolute Gasteiger partial charge is 0.310 e. The summed E-state index contributed by atoms with van der Waals surface area (Å²) in [6, 6.07) is 108. The molecule has 6 nitrogen and oxygen atoms in total. The van der Waals surface area contributed by atoms with Crippen molar-refractivity contribution in [2.45, 2.75) is 26.2 Å². The highest BCUT2D eigenvalue weighted by atomic mass is 15.2. The summed E-state index contributed by atoms with van der Waals surface area (Å²) in [6.45, 7) is 15.4. The molecule has 0 radical (unpaired) electrons. The summed E-state index contributed by atoms with van der Waals surface area (Å²) in [5.74, 6) is 0. The molecule has 0 saturated carbocycles. The molecule has 0 spiro atoms. The van der Waals surface area contributed by atoms with Crippen LogP contribution in [0.4, 0.5) is 39.8 Å². The normalized spacial score (nSPS) is 12.5. The minimum Gasteiger partial charge on any atom is -0.310 e. The van der Waals surface area contributed by atoms with Crippen molar-refractivity contribution in [3.63, 3.8) is 0 Å². The van der Waals surface area contributed by atoms with Crippen LogP contribution >= 0.6 is 0 Å². The van der Waals surface area contributed by atoms with E-state index in [0.29, 0.717) is 11.3 Å². The molecule has 0 amide bonds. The fourth-order valence-electron chi connectivity index (χ4n) is 14.8. The lowest BCUT2D eigenvalue weighted by Gasteiger charge is -2.46. The zero-order chi connectivity index (χ0) is 61.1. The maximum Gasteiger partial charge on any atom is 0.252 e. The smallest absolute Gasteiger partial charge is 0.252 e. The Bertz CT molecular complexity index is 4990. The zero-order valence-electron chi connectivity index (χ0n) is 50.5. The lowest BCUT2D eigenvalue weighted by molar-refractivity contribution is 0.590. The second kappa shape index (κ2) is 20.9. The van der Waals surface area contributed by atoms with Gasteiger partial charge < -0.3 is 18.9 Å². The van der Waals surface area contributed by atoms with Crippen molar-refractivity contribution in [2.75, 3.05) is 9.80 Å². The van der Waals surface area contributed by atoms with Gasteiger partial charge in [0.2, 0.25) is 0 Å². The number of fused-ring (bicyclic) bond motifs is 10. The Kier molecular flexibility index (Phi) is 12.2. The molecule has 2 aromatic heterocycles. The second-order valence-electron chi connectivity index (χ2n) is 25.0. The maximum absolute atomic E-state index is 11.1. The monoisotopic (exact) mass is 1160 g/mol. The van der Waals surface area contributed by atoms with Crippen molar-refractivity contribution in [3.05, 3.63) is 314 Å². The predicted octanol–water partition coefficient (Wildman–Crippen LogP) is 20.4. The van der Waals surface area contributed by atoms with Crippen LogP contribution < -0.4 is 26.2 Å². The third-order valence-corrected chi connectivity index (χ3v) is 18.8. The molecule has 0 fully saturated rings. The third kappa shape index (κ3) is 8.40. The predicted molar refractivity (Wildman–Crippen MR) is 381 cm³/mol. The molecule has 0 saturated heterocycles. The van der Waals surface area contributed by atoms with E-state index in [1.807, 2.05) is 0 Å². The molecule has 2 aliphatic heterocycles. The number of nitrogens with zero attached hydrogens (tertiary/aromatic N) is 6. The first kappa shape index (κ1) is 53.4. The first-order valence-electron chi connectivity index (χ1n) is 31.1. The quantitative estimate of drug-likeness (QED) is 0.112. The summed E-state index contributed by atoms with van der Waals surface area (Å²) in [5.41, 5.74) is 25.8. The average molecular weight is 1160 g/mol. The van der Waals surface area contributed by atoms with Gasteiger partial charge in [-0.15, -0.1) is 0 Å². The summed E-state index contributed by atoms with van der Waals surface area (Å²) < 4.78 is 4.87. The number of nitriles is 1. The lowest BCUT2D eigenvalue weighted by atomic mass is 9.33. The van der Waals surface area contributed by atoms with Gasteiger partial charge >= 0.3 is 0 Å². The standard InChI is InChI=1S/C84H57BN6/c1-84(2,3)59-47-79-81-80(48-59)91(83-69(57-29-13-7-14-30-57)49-60(87-4)50-70(83)58-31-15-8-16-32-58)78-52-62(89-75-39-23-19-35-65(75)66-36-20-24-40-76(66)89)42-44-72(78)85(81)71-43-41-61(88-73-37-21-17-33-63(73)64-34-18-22-38-74(64)88)51-77(71)90(79)82-67(55-25-9-5-10-26-55)45-54(53-86)46-68(82)56-27-11-6-12-28-56/h5-52H,1-3H3. The number of benzene rings is 13. The van der Waals surface area contributed by atoms with Crippen LogP contribution in [0.15, 0.2) is 291 Å². The molecule has 4 heterocycles. The van der Waals surface area contributed by atoms with Gasteiger partial charge in [-0.25, -0.2) is 4.85 Å². The first-order valence-corrected chi connectivity index (χ1v) is 31.1. The van der Waals surface area contributed by atoms with Crippen LogP contribution in [-0.2, 0) is 5.41 Å². The number of anilines is 6. The van der Waals surface area contributed by atoms with Gasteiger partial charge in [-0.1, -0.05) is 227 Å². The summed E-state index contributed by atoms with van der Waals surface area (Å²) in [5, 5.41) is 15.9. The average Bonchev–Trinajstić information content (AvgIpc) is 1.21. The zero-order valence-corrected chi connectivity index (χ0v) is 50.5. The summed E-state index contributed by atoms with van der Waals surface area (Å²) in [6.07, 6.45) is 0. The molecule has 13 aromatic carbocycles. The van der Waals surface area contributed by atoms with E-state index in [0.717, 1.165) is 134 Å². The van der Waals surface area contributed by atoms with Gasteiger partial charge in [-0.3, -0.25) is 0 Å². The van der Waals surface area contributed by atoms with E-state index < -0.39 is 0 Å². The van der Waals surface area contributed by atoms with Gasteiger partial charge in [0.15, 0.2) is 5.69 Å².